The normalized spacial score (nSPS) is 11.9. The van der Waals surface area contributed by atoms with Crippen LogP contribution in [0.3, 0.4) is 0 Å². The van der Waals surface area contributed by atoms with Crippen molar-refractivity contribution in [3.63, 3.8) is 0 Å². The Bertz CT molecular complexity index is 979. The van der Waals surface area contributed by atoms with Crippen molar-refractivity contribution in [2.24, 2.45) is 0 Å². The first kappa shape index (κ1) is 18.9. The summed E-state index contributed by atoms with van der Waals surface area (Å²) in [5.41, 5.74) is 3.49. The number of para-hydroxylation sites is 1. The maximum Gasteiger partial charge on any atom is 0.340 e. The van der Waals surface area contributed by atoms with Gasteiger partial charge in [0.25, 0.3) is 0 Å². The lowest BCUT2D eigenvalue weighted by Crippen LogP contribution is -2.25. The van der Waals surface area contributed by atoms with Crippen LogP contribution < -0.4 is 0 Å². The molecule has 0 radical (unpaired) electrons. The van der Waals surface area contributed by atoms with Crippen LogP contribution >= 0.6 is 11.6 Å². The van der Waals surface area contributed by atoms with E-state index < -0.39 is 12.1 Å². The largest absolute Gasteiger partial charge is 0.451 e. The summed E-state index contributed by atoms with van der Waals surface area (Å²) in [6.45, 7) is 5.38. The Hall–Kier alpha value is -2.92. The number of carbonyl (C=O) groups is 2. The van der Waals surface area contributed by atoms with E-state index in [0.29, 0.717) is 5.56 Å². The number of halogens is 1. The topological polar surface area (TPSA) is 61.2 Å². The number of aromatic nitrogens is 2. The van der Waals surface area contributed by atoms with E-state index in [1.807, 2.05) is 54.8 Å². The quantitative estimate of drug-likeness (QED) is 0.368. The van der Waals surface area contributed by atoms with Crippen LogP contribution in [-0.2, 0) is 4.74 Å². The third-order valence-electron chi connectivity index (χ3n) is 4.33. The summed E-state index contributed by atoms with van der Waals surface area (Å²) in [5, 5.41) is 0.282. The summed E-state index contributed by atoms with van der Waals surface area (Å²) in [7, 11) is 0. The summed E-state index contributed by atoms with van der Waals surface area (Å²) in [4.78, 5) is 28.9. The first-order valence-electron chi connectivity index (χ1n) is 8.49. The Morgan fingerprint density at radius 1 is 1.11 bits per heavy atom. The minimum Gasteiger partial charge on any atom is -0.451 e. The molecule has 138 valence electrons. The fraction of sp³-hybridized carbons (Fsp3) is 0.190. The standard InChI is InChI=1S/C21H19ClN2O3/c1-13-11-18(14(2)24(13)17-7-5-4-6-8-17)20(25)15(3)27-21(26)16-9-10-19(22)23-12-16/h4-12,15H,1-3H3. The smallest absolute Gasteiger partial charge is 0.340 e. The molecule has 1 atom stereocenters. The molecular formula is C21H19ClN2O3. The van der Waals surface area contributed by atoms with Gasteiger partial charge in [0.1, 0.15) is 5.15 Å². The molecule has 27 heavy (non-hydrogen) atoms. The summed E-state index contributed by atoms with van der Waals surface area (Å²) < 4.78 is 7.33. The molecule has 5 nitrogen and oxygen atoms in total. The zero-order chi connectivity index (χ0) is 19.6. The number of esters is 1. The molecule has 1 unspecified atom stereocenters. The van der Waals surface area contributed by atoms with E-state index in [1.54, 1.807) is 6.92 Å². The summed E-state index contributed by atoms with van der Waals surface area (Å²) in [6, 6.07) is 14.6. The Morgan fingerprint density at radius 2 is 1.81 bits per heavy atom. The SMILES string of the molecule is Cc1cc(C(=O)C(C)OC(=O)c2ccc(Cl)nc2)c(C)n1-c1ccccc1. The van der Waals surface area contributed by atoms with E-state index in [1.165, 1.54) is 18.3 Å². The van der Waals surface area contributed by atoms with Gasteiger partial charge in [-0.15, -0.1) is 0 Å². The third-order valence-corrected chi connectivity index (χ3v) is 4.55. The lowest BCUT2D eigenvalue weighted by atomic mass is 10.1. The van der Waals surface area contributed by atoms with Gasteiger partial charge in [-0.25, -0.2) is 9.78 Å². The van der Waals surface area contributed by atoms with E-state index in [0.717, 1.165) is 17.1 Å². The van der Waals surface area contributed by atoms with Crippen LogP contribution in [0.4, 0.5) is 0 Å². The molecule has 3 aromatic rings. The number of ether oxygens (including phenoxy) is 1. The lowest BCUT2D eigenvalue weighted by molar-refractivity contribution is 0.0318. The Balaban J connectivity index is 1.81. The number of benzene rings is 1. The van der Waals surface area contributed by atoms with Gasteiger partial charge in [0.15, 0.2) is 6.10 Å². The minimum atomic E-state index is -0.919. The van der Waals surface area contributed by atoms with Gasteiger partial charge in [0.05, 0.1) is 5.56 Å². The van der Waals surface area contributed by atoms with Crippen molar-refractivity contribution in [2.45, 2.75) is 26.9 Å². The number of rotatable bonds is 5. The number of Topliss-reactive ketones (excluding diaryl/α,β-unsaturated/α-hetero) is 1. The van der Waals surface area contributed by atoms with Crippen molar-refractivity contribution in [1.29, 1.82) is 0 Å². The Labute approximate surface area is 162 Å². The number of pyridine rings is 1. The predicted molar refractivity (Wildman–Crippen MR) is 104 cm³/mol. The molecule has 0 spiro atoms. The van der Waals surface area contributed by atoms with E-state index in [2.05, 4.69) is 4.98 Å². The highest BCUT2D eigenvalue weighted by Gasteiger charge is 2.24. The zero-order valence-electron chi connectivity index (χ0n) is 15.3. The highest BCUT2D eigenvalue weighted by atomic mass is 35.5. The lowest BCUT2D eigenvalue weighted by Gasteiger charge is -2.13. The minimum absolute atomic E-state index is 0.244. The van der Waals surface area contributed by atoms with Gasteiger partial charge in [-0.2, -0.15) is 0 Å². The van der Waals surface area contributed by atoms with Crippen molar-refractivity contribution < 1.29 is 14.3 Å². The molecule has 0 N–H and O–H groups in total. The molecular weight excluding hydrogens is 364 g/mol. The van der Waals surface area contributed by atoms with Crippen molar-refractivity contribution in [3.05, 3.63) is 82.4 Å². The highest BCUT2D eigenvalue weighted by Crippen LogP contribution is 2.22. The molecule has 0 fully saturated rings. The maximum atomic E-state index is 12.9. The van der Waals surface area contributed by atoms with Gasteiger partial charge < -0.3 is 9.30 Å². The first-order valence-corrected chi connectivity index (χ1v) is 8.87. The highest BCUT2D eigenvalue weighted by molar-refractivity contribution is 6.29. The summed E-state index contributed by atoms with van der Waals surface area (Å²) in [5.74, 6) is -0.863. The molecule has 2 heterocycles. The number of hydrogen-bond acceptors (Lipinski definition) is 4. The van der Waals surface area contributed by atoms with E-state index in [-0.39, 0.29) is 16.5 Å². The molecule has 0 bridgehead atoms. The van der Waals surface area contributed by atoms with Gasteiger partial charge in [-0.3, -0.25) is 4.79 Å². The van der Waals surface area contributed by atoms with Crippen LogP contribution in [0.25, 0.3) is 5.69 Å². The van der Waals surface area contributed by atoms with E-state index in [9.17, 15) is 9.59 Å². The molecule has 0 saturated heterocycles. The number of hydrogen-bond donors (Lipinski definition) is 0. The van der Waals surface area contributed by atoms with Crippen molar-refractivity contribution in [1.82, 2.24) is 9.55 Å². The molecule has 0 amide bonds. The van der Waals surface area contributed by atoms with Crippen molar-refractivity contribution >= 4 is 23.4 Å². The van der Waals surface area contributed by atoms with Gasteiger partial charge in [0.2, 0.25) is 5.78 Å². The average molecular weight is 383 g/mol. The van der Waals surface area contributed by atoms with Gasteiger partial charge in [0, 0.05) is 28.8 Å². The molecule has 0 aliphatic heterocycles. The van der Waals surface area contributed by atoms with Crippen molar-refractivity contribution in [3.8, 4) is 5.69 Å². The monoisotopic (exact) mass is 382 g/mol. The first-order chi connectivity index (χ1) is 12.9. The van der Waals surface area contributed by atoms with Crippen LogP contribution in [0.2, 0.25) is 5.15 Å². The Kier molecular flexibility index (Phi) is 5.42. The van der Waals surface area contributed by atoms with Gasteiger partial charge >= 0.3 is 5.97 Å². The van der Waals surface area contributed by atoms with Crippen LogP contribution in [-0.4, -0.2) is 27.4 Å². The maximum absolute atomic E-state index is 12.9. The Morgan fingerprint density at radius 3 is 2.44 bits per heavy atom. The third kappa shape index (κ3) is 3.93. The van der Waals surface area contributed by atoms with E-state index in [4.69, 9.17) is 16.3 Å². The number of nitrogens with zero attached hydrogens (tertiary/aromatic N) is 2. The summed E-state index contributed by atoms with van der Waals surface area (Å²) >= 11 is 5.72. The van der Waals surface area contributed by atoms with Gasteiger partial charge in [-0.1, -0.05) is 29.8 Å². The number of carbonyl (C=O) groups excluding carboxylic acids is 2. The molecule has 6 heteroatoms. The fourth-order valence-corrected chi connectivity index (χ4v) is 3.10. The second-order valence-electron chi connectivity index (χ2n) is 6.24. The van der Waals surface area contributed by atoms with Crippen LogP contribution in [0.15, 0.2) is 54.7 Å². The average Bonchev–Trinajstić information content (AvgIpc) is 2.96. The molecule has 0 aliphatic carbocycles. The number of aryl methyl sites for hydroxylation is 1. The van der Waals surface area contributed by atoms with Crippen LogP contribution in [0.5, 0.6) is 0 Å². The summed E-state index contributed by atoms with van der Waals surface area (Å²) in [6.07, 6.45) is 0.404. The van der Waals surface area contributed by atoms with Crippen LogP contribution in [0.1, 0.15) is 39.0 Å². The molecule has 1 aromatic carbocycles. The molecule has 2 aromatic heterocycles. The molecule has 3 rings (SSSR count). The zero-order valence-corrected chi connectivity index (χ0v) is 16.0. The van der Waals surface area contributed by atoms with E-state index >= 15 is 0 Å². The van der Waals surface area contributed by atoms with Crippen molar-refractivity contribution in [2.75, 3.05) is 0 Å². The van der Waals surface area contributed by atoms with Crippen LogP contribution in [0, 0.1) is 13.8 Å². The fourth-order valence-electron chi connectivity index (χ4n) is 2.98. The predicted octanol–water partition coefficient (Wildman–Crippen LogP) is 4.57. The number of ketones is 1. The second-order valence-corrected chi connectivity index (χ2v) is 6.62. The van der Waals surface area contributed by atoms with Gasteiger partial charge in [-0.05, 0) is 51.1 Å². The molecule has 0 saturated carbocycles. The molecule has 0 aliphatic rings. The second kappa shape index (κ2) is 7.76.